The Morgan fingerprint density at radius 3 is 2.82 bits per heavy atom. The molecule has 2 heterocycles. The van der Waals surface area contributed by atoms with E-state index >= 15 is 0 Å². The van der Waals surface area contributed by atoms with Gasteiger partial charge in [-0.2, -0.15) is 0 Å². The fourth-order valence-electron chi connectivity index (χ4n) is 3.30. The number of ether oxygens (including phenoxy) is 1. The van der Waals surface area contributed by atoms with Gasteiger partial charge in [0.25, 0.3) is 0 Å². The number of hydrogen-bond acceptors (Lipinski definition) is 5. The van der Waals surface area contributed by atoms with Gasteiger partial charge in [0.2, 0.25) is 5.95 Å². The number of nitrogens with zero attached hydrogens (tertiary/aromatic N) is 2. The number of nitrogens with one attached hydrogen (secondary N) is 2. The highest BCUT2D eigenvalue weighted by atomic mass is 19.1. The first-order valence-electron chi connectivity index (χ1n) is 8.79. The fraction of sp³-hybridized carbons (Fsp3) is 0.200. The molecule has 2 N–H and O–H groups in total. The molecule has 4 rings (SSSR count). The molecule has 0 saturated carbocycles. The van der Waals surface area contributed by atoms with Gasteiger partial charge >= 0.3 is 6.09 Å². The van der Waals surface area contributed by atoms with E-state index in [1.54, 1.807) is 13.0 Å². The number of aryl methyl sites for hydroxylation is 1. The number of aromatic nitrogens is 2. The number of benzene rings is 2. The number of Topliss-reactive ketones (excluding diaryl/α,β-unsaturated/α-hetero) is 1. The van der Waals surface area contributed by atoms with Crippen molar-refractivity contribution in [1.29, 1.82) is 0 Å². The van der Waals surface area contributed by atoms with Gasteiger partial charge in [0, 0.05) is 16.7 Å². The summed E-state index contributed by atoms with van der Waals surface area (Å²) in [6, 6.07) is 7.74. The van der Waals surface area contributed by atoms with Crippen LogP contribution in [0.15, 0.2) is 35.3 Å². The average molecular weight is 380 g/mol. The molecule has 2 aromatic carbocycles. The molecule has 1 amide bonds. The summed E-state index contributed by atoms with van der Waals surface area (Å²) in [6.45, 7) is 3.85. The number of carbonyl (C=O) groups is 2. The minimum atomic E-state index is -0.598. The molecule has 0 radical (unpaired) electrons. The van der Waals surface area contributed by atoms with E-state index in [1.165, 1.54) is 18.2 Å². The van der Waals surface area contributed by atoms with E-state index in [0.717, 1.165) is 16.6 Å². The van der Waals surface area contributed by atoms with Crippen molar-refractivity contribution in [2.45, 2.75) is 13.8 Å². The monoisotopic (exact) mass is 380 g/mol. The lowest BCUT2D eigenvalue weighted by Gasteiger charge is -2.18. The van der Waals surface area contributed by atoms with Crippen molar-refractivity contribution in [1.82, 2.24) is 9.97 Å². The van der Waals surface area contributed by atoms with E-state index in [9.17, 15) is 14.0 Å². The smallest absolute Gasteiger partial charge is 0.413 e. The van der Waals surface area contributed by atoms with Crippen LogP contribution >= 0.6 is 0 Å². The van der Waals surface area contributed by atoms with Gasteiger partial charge in [-0.25, -0.2) is 14.2 Å². The number of aliphatic imine (C=N–C) groups is 1. The van der Waals surface area contributed by atoms with Crippen molar-refractivity contribution in [2.75, 3.05) is 18.5 Å². The molecule has 0 atom stereocenters. The van der Waals surface area contributed by atoms with Gasteiger partial charge in [0.05, 0.1) is 23.4 Å². The molecule has 0 unspecified atom stereocenters. The second kappa shape index (κ2) is 6.88. The van der Waals surface area contributed by atoms with Crippen molar-refractivity contribution in [3.63, 3.8) is 0 Å². The zero-order valence-electron chi connectivity index (χ0n) is 15.3. The lowest BCUT2D eigenvalue weighted by Crippen LogP contribution is -2.20. The third-order valence-corrected chi connectivity index (χ3v) is 4.58. The maximum Gasteiger partial charge on any atom is 0.413 e. The molecule has 0 fully saturated rings. The second-order valence-electron chi connectivity index (χ2n) is 6.34. The number of hydrogen-bond donors (Lipinski definition) is 2. The van der Waals surface area contributed by atoms with E-state index < -0.39 is 11.9 Å². The quantitative estimate of drug-likeness (QED) is 0.725. The van der Waals surface area contributed by atoms with Gasteiger partial charge in [-0.3, -0.25) is 15.1 Å². The minimum Gasteiger partial charge on any atom is -0.450 e. The van der Waals surface area contributed by atoms with Crippen molar-refractivity contribution in [3.05, 3.63) is 58.4 Å². The predicted octanol–water partition coefficient (Wildman–Crippen LogP) is 3.61. The lowest BCUT2D eigenvalue weighted by atomic mass is 9.90. The zero-order chi connectivity index (χ0) is 19.8. The second-order valence-corrected chi connectivity index (χ2v) is 6.34. The number of imidazole rings is 1. The van der Waals surface area contributed by atoms with E-state index in [4.69, 9.17) is 4.74 Å². The van der Waals surface area contributed by atoms with E-state index in [1.807, 2.05) is 13.0 Å². The van der Waals surface area contributed by atoms with Crippen molar-refractivity contribution in [3.8, 4) is 0 Å². The van der Waals surface area contributed by atoms with Crippen LogP contribution in [0.1, 0.15) is 34.0 Å². The molecular formula is C20H17FN4O3. The Morgan fingerprint density at radius 2 is 2.04 bits per heavy atom. The molecule has 8 heteroatoms. The van der Waals surface area contributed by atoms with Gasteiger partial charge in [-0.05, 0) is 43.7 Å². The number of amides is 1. The van der Waals surface area contributed by atoms with Crippen LogP contribution in [0.5, 0.6) is 0 Å². The Hall–Kier alpha value is -3.55. The SMILES string of the molecule is CCOC(=O)Nc1nc2c(C)c(C3=NCC(=O)c4ccc(F)cc43)ccc2[nH]1. The number of rotatable bonds is 3. The van der Waals surface area contributed by atoms with Gasteiger partial charge in [-0.1, -0.05) is 6.07 Å². The van der Waals surface area contributed by atoms with Gasteiger partial charge < -0.3 is 9.72 Å². The first kappa shape index (κ1) is 17.8. The first-order valence-corrected chi connectivity index (χ1v) is 8.79. The minimum absolute atomic E-state index is 0.0155. The van der Waals surface area contributed by atoms with E-state index in [-0.39, 0.29) is 24.9 Å². The van der Waals surface area contributed by atoms with Crippen LogP contribution < -0.4 is 5.32 Å². The molecule has 1 aliphatic rings. The number of halogens is 1. The molecule has 3 aromatic rings. The Bertz CT molecular complexity index is 1150. The summed E-state index contributed by atoms with van der Waals surface area (Å²) in [7, 11) is 0. The van der Waals surface area contributed by atoms with Gasteiger partial charge in [0.1, 0.15) is 12.4 Å². The van der Waals surface area contributed by atoms with Crippen LogP contribution in [0.25, 0.3) is 11.0 Å². The average Bonchev–Trinajstić information content (AvgIpc) is 3.06. The number of aromatic amines is 1. The molecule has 0 bridgehead atoms. The highest BCUT2D eigenvalue weighted by Crippen LogP contribution is 2.27. The molecule has 0 spiro atoms. The standard InChI is InChI=1S/C20H17FN4O3/c1-3-28-20(27)25-19-23-15-7-6-12(10(2)17(15)24-19)18-14-8-11(21)4-5-13(14)16(26)9-22-18/h4-8H,3,9H2,1-2H3,(H2,23,24,25,27). The number of ketones is 1. The molecule has 1 aliphatic heterocycles. The van der Waals surface area contributed by atoms with Gasteiger partial charge in [0.15, 0.2) is 5.78 Å². The summed E-state index contributed by atoms with van der Waals surface area (Å²) in [5.74, 6) is -0.306. The molecule has 142 valence electrons. The Labute approximate surface area is 159 Å². The van der Waals surface area contributed by atoms with Crippen LogP contribution in [0.3, 0.4) is 0 Å². The Morgan fingerprint density at radius 1 is 1.25 bits per heavy atom. The Balaban J connectivity index is 1.78. The number of carbonyl (C=O) groups excluding carboxylic acids is 2. The summed E-state index contributed by atoms with van der Waals surface area (Å²) in [4.78, 5) is 35.6. The van der Waals surface area contributed by atoms with Crippen LogP contribution in [-0.2, 0) is 4.74 Å². The molecule has 0 aliphatic carbocycles. The summed E-state index contributed by atoms with van der Waals surface area (Å²) in [6.07, 6.45) is -0.598. The van der Waals surface area contributed by atoms with Crippen LogP contribution in [0, 0.1) is 12.7 Å². The van der Waals surface area contributed by atoms with Crippen LogP contribution in [-0.4, -0.2) is 40.7 Å². The molecule has 7 nitrogen and oxygen atoms in total. The van der Waals surface area contributed by atoms with Gasteiger partial charge in [-0.15, -0.1) is 0 Å². The number of anilines is 1. The third kappa shape index (κ3) is 3.02. The topological polar surface area (TPSA) is 96.4 Å². The first-order chi connectivity index (χ1) is 13.5. The van der Waals surface area contributed by atoms with Crippen LogP contribution in [0.2, 0.25) is 0 Å². The molecule has 1 aromatic heterocycles. The fourth-order valence-corrected chi connectivity index (χ4v) is 3.30. The summed E-state index contributed by atoms with van der Waals surface area (Å²) >= 11 is 0. The summed E-state index contributed by atoms with van der Waals surface area (Å²) in [5.41, 5.74) is 4.39. The maximum atomic E-state index is 13.8. The van der Waals surface area contributed by atoms with Crippen LogP contribution in [0.4, 0.5) is 15.1 Å². The number of H-pyrrole nitrogens is 1. The third-order valence-electron chi connectivity index (χ3n) is 4.58. The lowest BCUT2D eigenvalue weighted by molar-refractivity contribution is 0.1000. The number of fused-ring (bicyclic) bond motifs is 2. The van der Waals surface area contributed by atoms with E-state index in [0.29, 0.717) is 22.4 Å². The molecule has 0 saturated heterocycles. The predicted molar refractivity (Wildman–Crippen MR) is 103 cm³/mol. The molecule has 28 heavy (non-hydrogen) atoms. The maximum absolute atomic E-state index is 13.8. The summed E-state index contributed by atoms with van der Waals surface area (Å²) in [5, 5.41) is 2.54. The van der Waals surface area contributed by atoms with Crippen molar-refractivity contribution in [2.24, 2.45) is 4.99 Å². The highest BCUT2D eigenvalue weighted by molar-refractivity contribution is 6.23. The van der Waals surface area contributed by atoms with Crippen molar-refractivity contribution < 1.29 is 18.7 Å². The largest absolute Gasteiger partial charge is 0.450 e. The summed E-state index contributed by atoms with van der Waals surface area (Å²) < 4.78 is 18.7. The van der Waals surface area contributed by atoms with Crippen molar-refractivity contribution >= 4 is 34.6 Å². The normalized spacial score (nSPS) is 13.2. The van der Waals surface area contributed by atoms with E-state index in [2.05, 4.69) is 20.3 Å². The highest BCUT2D eigenvalue weighted by Gasteiger charge is 2.24. The Kier molecular flexibility index (Phi) is 4.38. The molecular weight excluding hydrogens is 363 g/mol. The zero-order valence-corrected chi connectivity index (χ0v) is 15.3.